The summed E-state index contributed by atoms with van der Waals surface area (Å²) in [6.45, 7) is 4.17. The van der Waals surface area contributed by atoms with Crippen LogP contribution in [0, 0.1) is 0 Å². The molecule has 1 saturated carbocycles. The minimum absolute atomic E-state index is 0.331. The Balaban J connectivity index is 2.01. The number of hydrogen-bond donors (Lipinski definition) is 2. The Morgan fingerprint density at radius 1 is 1.35 bits per heavy atom. The van der Waals surface area contributed by atoms with E-state index in [-0.39, 0.29) is 0 Å². The summed E-state index contributed by atoms with van der Waals surface area (Å²) in [5, 5.41) is 14.3. The monoisotopic (exact) mass is 297 g/mol. The van der Waals surface area contributed by atoms with Gasteiger partial charge in [0.05, 0.1) is 10.6 Å². The molecule has 0 heterocycles. The third-order valence-corrected chi connectivity index (χ3v) is 4.11. The van der Waals surface area contributed by atoms with Gasteiger partial charge in [0, 0.05) is 12.1 Å². The van der Waals surface area contributed by atoms with Crippen molar-refractivity contribution in [3.8, 4) is 5.75 Å². The van der Waals surface area contributed by atoms with Crippen molar-refractivity contribution in [1.29, 1.82) is 0 Å². The third-order valence-electron chi connectivity index (χ3n) is 3.81. The highest BCUT2D eigenvalue weighted by Gasteiger charge is 2.32. The topological polar surface area (TPSA) is 41.5 Å². The van der Waals surface area contributed by atoms with Crippen LogP contribution in [0.1, 0.15) is 44.6 Å². The second-order valence-electron chi connectivity index (χ2n) is 5.62. The van der Waals surface area contributed by atoms with Gasteiger partial charge in [-0.25, -0.2) is 0 Å². The molecule has 20 heavy (non-hydrogen) atoms. The SMILES string of the molecule is CCCNCc1cccc(Cl)c1OCC1(O)CCCC1. The summed E-state index contributed by atoms with van der Waals surface area (Å²) in [4.78, 5) is 0. The normalized spacial score (nSPS) is 17.4. The minimum atomic E-state index is -0.673. The molecule has 0 atom stereocenters. The second-order valence-corrected chi connectivity index (χ2v) is 6.03. The van der Waals surface area contributed by atoms with E-state index in [0.717, 1.165) is 50.8 Å². The van der Waals surface area contributed by atoms with Crippen molar-refractivity contribution in [2.75, 3.05) is 13.2 Å². The molecular formula is C16H24ClNO2. The average molecular weight is 298 g/mol. The highest BCUT2D eigenvalue weighted by molar-refractivity contribution is 6.32. The summed E-state index contributed by atoms with van der Waals surface area (Å²) in [5.41, 5.74) is 0.375. The van der Waals surface area contributed by atoms with Gasteiger partial charge >= 0.3 is 0 Å². The highest BCUT2D eigenvalue weighted by Crippen LogP contribution is 2.33. The Labute approximate surface area is 126 Å². The summed E-state index contributed by atoms with van der Waals surface area (Å²) in [7, 11) is 0. The van der Waals surface area contributed by atoms with Crippen LogP contribution in [0.5, 0.6) is 5.75 Å². The van der Waals surface area contributed by atoms with E-state index in [2.05, 4.69) is 12.2 Å². The smallest absolute Gasteiger partial charge is 0.142 e. The van der Waals surface area contributed by atoms with Crippen molar-refractivity contribution in [3.63, 3.8) is 0 Å². The summed E-state index contributed by atoms with van der Waals surface area (Å²) in [5.74, 6) is 0.707. The fourth-order valence-electron chi connectivity index (χ4n) is 2.64. The first kappa shape index (κ1) is 15.6. The van der Waals surface area contributed by atoms with Crippen LogP contribution < -0.4 is 10.1 Å². The molecule has 0 bridgehead atoms. The molecule has 0 amide bonds. The molecule has 0 aliphatic heterocycles. The van der Waals surface area contributed by atoms with Crippen molar-refractivity contribution in [3.05, 3.63) is 28.8 Å². The molecule has 1 aliphatic rings. The van der Waals surface area contributed by atoms with E-state index in [1.807, 2.05) is 18.2 Å². The van der Waals surface area contributed by atoms with E-state index in [4.69, 9.17) is 16.3 Å². The minimum Gasteiger partial charge on any atom is -0.489 e. The Hall–Kier alpha value is -0.770. The zero-order valence-electron chi connectivity index (χ0n) is 12.1. The van der Waals surface area contributed by atoms with E-state index in [9.17, 15) is 5.11 Å². The first-order valence-electron chi connectivity index (χ1n) is 7.48. The van der Waals surface area contributed by atoms with Crippen LogP contribution in [0.15, 0.2) is 18.2 Å². The van der Waals surface area contributed by atoms with Crippen LogP contribution in [0.2, 0.25) is 5.02 Å². The standard InChI is InChI=1S/C16H24ClNO2/c1-2-10-18-11-13-6-5-7-14(17)15(13)20-12-16(19)8-3-4-9-16/h5-7,18-19H,2-4,8-12H2,1H3. The molecule has 4 heteroatoms. The van der Waals surface area contributed by atoms with Crippen molar-refractivity contribution in [2.45, 2.75) is 51.2 Å². The van der Waals surface area contributed by atoms with Crippen molar-refractivity contribution < 1.29 is 9.84 Å². The fraction of sp³-hybridized carbons (Fsp3) is 0.625. The van der Waals surface area contributed by atoms with Crippen LogP contribution in [0.25, 0.3) is 0 Å². The van der Waals surface area contributed by atoms with Gasteiger partial charge in [0.15, 0.2) is 0 Å². The van der Waals surface area contributed by atoms with Gasteiger partial charge in [-0.05, 0) is 31.9 Å². The molecule has 0 saturated heterocycles. The Bertz CT molecular complexity index is 430. The molecule has 0 spiro atoms. The van der Waals surface area contributed by atoms with Gasteiger partial charge in [0.2, 0.25) is 0 Å². The van der Waals surface area contributed by atoms with Gasteiger partial charge in [0.25, 0.3) is 0 Å². The van der Waals surface area contributed by atoms with Gasteiger partial charge in [-0.3, -0.25) is 0 Å². The predicted octanol–water partition coefficient (Wildman–Crippen LogP) is 3.52. The van der Waals surface area contributed by atoms with Crippen LogP contribution >= 0.6 is 11.6 Å². The number of halogens is 1. The molecule has 1 fully saturated rings. The highest BCUT2D eigenvalue weighted by atomic mass is 35.5. The molecule has 0 unspecified atom stereocenters. The van der Waals surface area contributed by atoms with Gasteiger partial charge in [-0.2, -0.15) is 0 Å². The Morgan fingerprint density at radius 3 is 2.80 bits per heavy atom. The lowest BCUT2D eigenvalue weighted by atomic mass is 10.0. The van der Waals surface area contributed by atoms with Gasteiger partial charge in [-0.1, -0.05) is 43.5 Å². The molecule has 1 aliphatic carbocycles. The van der Waals surface area contributed by atoms with E-state index in [1.54, 1.807) is 0 Å². The predicted molar refractivity (Wildman–Crippen MR) is 82.4 cm³/mol. The lowest BCUT2D eigenvalue weighted by Crippen LogP contribution is -2.32. The summed E-state index contributed by atoms with van der Waals surface area (Å²) in [6, 6.07) is 5.78. The maximum atomic E-state index is 10.4. The first-order valence-corrected chi connectivity index (χ1v) is 7.86. The number of para-hydroxylation sites is 1. The molecule has 3 nitrogen and oxygen atoms in total. The zero-order chi connectivity index (χ0) is 14.4. The van der Waals surface area contributed by atoms with E-state index in [1.165, 1.54) is 0 Å². The Morgan fingerprint density at radius 2 is 2.10 bits per heavy atom. The number of rotatable bonds is 7. The fourth-order valence-corrected chi connectivity index (χ4v) is 2.89. The average Bonchev–Trinajstić information content (AvgIpc) is 2.85. The van der Waals surface area contributed by atoms with Gasteiger partial charge < -0.3 is 15.2 Å². The quantitative estimate of drug-likeness (QED) is 0.757. The molecule has 1 aromatic rings. The molecule has 1 aromatic carbocycles. The zero-order valence-corrected chi connectivity index (χ0v) is 12.9. The van der Waals surface area contributed by atoms with Crippen LogP contribution in [-0.2, 0) is 6.54 Å². The number of ether oxygens (including phenoxy) is 1. The summed E-state index contributed by atoms with van der Waals surface area (Å²) >= 11 is 6.24. The van der Waals surface area contributed by atoms with E-state index >= 15 is 0 Å². The first-order chi connectivity index (χ1) is 9.64. The third kappa shape index (κ3) is 4.11. The van der Waals surface area contributed by atoms with Gasteiger partial charge in [-0.15, -0.1) is 0 Å². The maximum Gasteiger partial charge on any atom is 0.142 e. The van der Waals surface area contributed by atoms with Crippen molar-refractivity contribution >= 4 is 11.6 Å². The second kappa shape index (κ2) is 7.30. The number of hydrogen-bond acceptors (Lipinski definition) is 3. The largest absolute Gasteiger partial charge is 0.489 e. The maximum absolute atomic E-state index is 10.4. The number of aliphatic hydroxyl groups is 1. The lowest BCUT2D eigenvalue weighted by Gasteiger charge is -2.23. The van der Waals surface area contributed by atoms with Crippen molar-refractivity contribution in [1.82, 2.24) is 5.32 Å². The Kier molecular flexibility index (Phi) is 5.70. The van der Waals surface area contributed by atoms with Crippen LogP contribution in [0.3, 0.4) is 0 Å². The van der Waals surface area contributed by atoms with Crippen molar-refractivity contribution in [2.24, 2.45) is 0 Å². The molecular weight excluding hydrogens is 274 g/mol. The van der Waals surface area contributed by atoms with E-state index in [0.29, 0.717) is 17.4 Å². The molecule has 2 N–H and O–H groups in total. The van der Waals surface area contributed by atoms with E-state index < -0.39 is 5.60 Å². The molecule has 2 rings (SSSR count). The molecule has 112 valence electrons. The lowest BCUT2D eigenvalue weighted by molar-refractivity contribution is 0.00115. The van der Waals surface area contributed by atoms with Gasteiger partial charge in [0.1, 0.15) is 12.4 Å². The summed E-state index contributed by atoms with van der Waals surface area (Å²) < 4.78 is 5.86. The number of nitrogens with one attached hydrogen (secondary N) is 1. The van der Waals surface area contributed by atoms with Crippen LogP contribution in [0.4, 0.5) is 0 Å². The van der Waals surface area contributed by atoms with Crippen LogP contribution in [-0.4, -0.2) is 23.9 Å². The number of benzene rings is 1. The molecule has 0 aromatic heterocycles. The molecule has 0 radical (unpaired) electrons. The summed E-state index contributed by atoms with van der Waals surface area (Å²) in [6.07, 6.45) is 4.89.